The lowest BCUT2D eigenvalue weighted by Crippen LogP contribution is -2.29. The molecule has 1 unspecified atom stereocenters. The number of fused-ring (bicyclic) bond motifs is 2. The number of rotatable bonds is 8. The lowest BCUT2D eigenvalue weighted by Gasteiger charge is -2.23. The average molecular weight is 523 g/mol. The molecule has 1 aliphatic rings. The molecule has 37 heavy (non-hydrogen) atoms. The first-order valence-electron chi connectivity index (χ1n) is 12.3. The van der Waals surface area contributed by atoms with Crippen LogP contribution >= 0.6 is 11.3 Å². The number of thiazole rings is 1. The van der Waals surface area contributed by atoms with E-state index in [0.29, 0.717) is 35.4 Å². The Morgan fingerprint density at radius 2 is 1.89 bits per heavy atom. The minimum Gasteiger partial charge on any atom is -0.490 e. The van der Waals surface area contributed by atoms with Crippen LogP contribution in [-0.2, 0) is 0 Å². The van der Waals surface area contributed by atoms with Crippen molar-refractivity contribution in [3.8, 4) is 11.5 Å². The van der Waals surface area contributed by atoms with Gasteiger partial charge >= 0.3 is 0 Å². The number of aromatic nitrogens is 1. The van der Waals surface area contributed by atoms with Crippen LogP contribution in [0, 0.1) is 19.7 Å². The highest BCUT2D eigenvalue weighted by atomic mass is 32.1. The summed E-state index contributed by atoms with van der Waals surface area (Å²) in [4.78, 5) is 34.5. The van der Waals surface area contributed by atoms with Gasteiger partial charge in [-0.05, 0) is 63.1 Å². The van der Waals surface area contributed by atoms with E-state index in [1.54, 1.807) is 12.1 Å². The second-order valence-electron chi connectivity index (χ2n) is 8.87. The number of carbonyl (C=O) groups excluding carboxylic acids is 1. The number of anilines is 1. The Morgan fingerprint density at radius 1 is 1.08 bits per heavy atom. The third kappa shape index (κ3) is 4.37. The molecule has 9 heteroatoms. The second kappa shape index (κ2) is 9.97. The first-order valence-corrected chi connectivity index (χ1v) is 13.1. The van der Waals surface area contributed by atoms with Crippen molar-refractivity contribution in [2.45, 2.75) is 46.6 Å². The largest absolute Gasteiger partial charge is 0.490 e. The molecule has 2 aromatic carbocycles. The van der Waals surface area contributed by atoms with Gasteiger partial charge in [-0.25, -0.2) is 9.37 Å². The van der Waals surface area contributed by atoms with E-state index in [1.165, 1.54) is 28.4 Å². The predicted molar refractivity (Wildman–Crippen MR) is 141 cm³/mol. The number of benzene rings is 2. The van der Waals surface area contributed by atoms with Crippen molar-refractivity contribution in [2.24, 2.45) is 0 Å². The summed E-state index contributed by atoms with van der Waals surface area (Å²) < 4.78 is 31.8. The van der Waals surface area contributed by atoms with Gasteiger partial charge in [0.2, 0.25) is 5.76 Å². The summed E-state index contributed by atoms with van der Waals surface area (Å²) in [5.74, 6) is -0.00149. The van der Waals surface area contributed by atoms with Crippen molar-refractivity contribution in [2.75, 3.05) is 18.1 Å². The van der Waals surface area contributed by atoms with Gasteiger partial charge < -0.3 is 13.9 Å². The van der Waals surface area contributed by atoms with Crippen molar-refractivity contribution in [1.82, 2.24) is 4.98 Å². The maximum atomic E-state index is 14.1. The van der Waals surface area contributed by atoms with E-state index in [1.807, 2.05) is 26.8 Å². The number of aryl methyl sites for hydroxylation is 2. The molecule has 1 atom stereocenters. The van der Waals surface area contributed by atoms with Crippen LogP contribution in [-0.4, -0.2) is 24.1 Å². The van der Waals surface area contributed by atoms with E-state index < -0.39 is 23.2 Å². The zero-order valence-electron chi connectivity index (χ0n) is 21.1. The molecule has 7 nitrogen and oxygen atoms in total. The molecule has 0 N–H and O–H groups in total. The summed E-state index contributed by atoms with van der Waals surface area (Å²) in [6.07, 6.45) is 1.90. The molecule has 0 bridgehead atoms. The molecular formula is C28H27FN2O5S. The molecule has 0 aliphatic carbocycles. The van der Waals surface area contributed by atoms with Gasteiger partial charge in [-0.1, -0.05) is 19.4 Å². The summed E-state index contributed by atoms with van der Waals surface area (Å²) in [5, 5.41) is 0.529. The van der Waals surface area contributed by atoms with E-state index >= 15 is 0 Å². The standard InChI is InChI=1S/C28H27FN2O5S/c1-5-7-12-35-21-10-8-17(13-22(21)34-6-2)24-23-25(32)19-14-18(29)9-11-20(19)36-26(23)27(33)31(24)28-30-15(3)16(4)37-28/h8-11,13-14,24H,5-7,12H2,1-4H3. The maximum Gasteiger partial charge on any atom is 0.297 e. The Labute approximate surface area is 217 Å². The smallest absolute Gasteiger partial charge is 0.297 e. The highest BCUT2D eigenvalue weighted by Gasteiger charge is 2.45. The minimum absolute atomic E-state index is 0.0687. The van der Waals surface area contributed by atoms with E-state index in [-0.39, 0.29) is 22.3 Å². The lowest BCUT2D eigenvalue weighted by atomic mass is 9.98. The molecular weight excluding hydrogens is 495 g/mol. The lowest BCUT2D eigenvalue weighted by molar-refractivity contribution is 0.0971. The molecule has 1 amide bonds. The number of hydrogen-bond acceptors (Lipinski definition) is 7. The number of carbonyl (C=O) groups is 1. The molecule has 0 spiro atoms. The summed E-state index contributed by atoms with van der Waals surface area (Å²) in [6, 6.07) is 8.26. The highest BCUT2D eigenvalue weighted by molar-refractivity contribution is 7.15. The molecule has 0 saturated heterocycles. The number of unbranched alkanes of at least 4 members (excludes halogenated alkanes) is 1. The third-order valence-corrected chi connectivity index (χ3v) is 7.47. The first-order chi connectivity index (χ1) is 17.8. The Morgan fingerprint density at radius 3 is 2.59 bits per heavy atom. The minimum atomic E-state index is -0.833. The van der Waals surface area contributed by atoms with Gasteiger partial charge in [0, 0.05) is 4.88 Å². The van der Waals surface area contributed by atoms with Crippen LogP contribution in [0.1, 0.15) is 65.0 Å². The van der Waals surface area contributed by atoms with Crippen LogP contribution in [0.5, 0.6) is 11.5 Å². The van der Waals surface area contributed by atoms with Crippen LogP contribution in [0.4, 0.5) is 9.52 Å². The van der Waals surface area contributed by atoms with E-state index in [9.17, 15) is 14.0 Å². The summed E-state index contributed by atoms with van der Waals surface area (Å²) in [5.41, 5.74) is 1.27. The van der Waals surface area contributed by atoms with Crippen molar-refractivity contribution in [3.63, 3.8) is 0 Å². The second-order valence-corrected chi connectivity index (χ2v) is 10.1. The number of halogens is 1. The Hall–Kier alpha value is -3.72. The Bertz CT molecular complexity index is 1540. The fourth-order valence-corrected chi connectivity index (χ4v) is 5.36. The fraction of sp³-hybridized carbons (Fsp3) is 0.321. The van der Waals surface area contributed by atoms with Gasteiger partial charge in [-0.2, -0.15) is 0 Å². The van der Waals surface area contributed by atoms with Crippen LogP contribution in [0.25, 0.3) is 11.0 Å². The number of nitrogens with zero attached hydrogens (tertiary/aromatic N) is 2. The van der Waals surface area contributed by atoms with Gasteiger partial charge in [0.1, 0.15) is 11.4 Å². The van der Waals surface area contributed by atoms with Gasteiger partial charge in [0.25, 0.3) is 5.91 Å². The molecule has 192 valence electrons. The molecule has 1 aliphatic heterocycles. The fourth-order valence-electron chi connectivity index (χ4n) is 4.43. The van der Waals surface area contributed by atoms with Crippen LogP contribution < -0.4 is 19.8 Å². The monoisotopic (exact) mass is 522 g/mol. The topological polar surface area (TPSA) is 81.9 Å². The van der Waals surface area contributed by atoms with Gasteiger partial charge in [-0.15, -0.1) is 11.3 Å². The van der Waals surface area contributed by atoms with Crippen molar-refractivity contribution >= 4 is 33.3 Å². The highest BCUT2D eigenvalue weighted by Crippen LogP contribution is 2.44. The number of hydrogen-bond donors (Lipinski definition) is 0. The predicted octanol–water partition coefficient (Wildman–Crippen LogP) is 6.33. The zero-order chi connectivity index (χ0) is 26.3. The quantitative estimate of drug-likeness (QED) is 0.252. The molecule has 4 aromatic rings. The van der Waals surface area contributed by atoms with Crippen molar-refractivity contribution in [3.05, 3.63) is 79.9 Å². The van der Waals surface area contributed by atoms with E-state index in [2.05, 4.69) is 11.9 Å². The molecule has 0 saturated carbocycles. The van der Waals surface area contributed by atoms with Gasteiger partial charge in [0.15, 0.2) is 22.1 Å². The summed E-state index contributed by atoms with van der Waals surface area (Å²) >= 11 is 1.36. The summed E-state index contributed by atoms with van der Waals surface area (Å²) in [6.45, 7) is 8.71. The molecule has 0 fully saturated rings. The van der Waals surface area contributed by atoms with Crippen LogP contribution in [0.3, 0.4) is 0 Å². The molecule has 5 rings (SSSR count). The van der Waals surface area contributed by atoms with Gasteiger partial charge in [0.05, 0.1) is 35.9 Å². The number of amides is 1. The Balaban J connectivity index is 1.72. The summed E-state index contributed by atoms with van der Waals surface area (Å²) in [7, 11) is 0. The van der Waals surface area contributed by atoms with E-state index in [0.717, 1.165) is 29.5 Å². The number of ether oxygens (including phenoxy) is 2. The normalized spacial score (nSPS) is 14.9. The van der Waals surface area contributed by atoms with Gasteiger partial charge in [-0.3, -0.25) is 14.5 Å². The third-order valence-electron chi connectivity index (χ3n) is 6.39. The Kier molecular flexibility index (Phi) is 6.72. The molecule has 2 aromatic heterocycles. The van der Waals surface area contributed by atoms with Crippen LogP contribution in [0.2, 0.25) is 0 Å². The first kappa shape index (κ1) is 25.0. The van der Waals surface area contributed by atoms with Crippen LogP contribution in [0.15, 0.2) is 45.6 Å². The average Bonchev–Trinajstić information content (AvgIpc) is 3.36. The van der Waals surface area contributed by atoms with E-state index in [4.69, 9.17) is 13.9 Å². The van der Waals surface area contributed by atoms with Crippen molar-refractivity contribution in [1.29, 1.82) is 0 Å². The molecule has 3 heterocycles. The van der Waals surface area contributed by atoms with Crippen molar-refractivity contribution < 1.29 is 23.1 Å². The SMILES string of the molecule is CCCCOc1ccc(C2c3c(oc4ccc(F)cc4c3=O)C(=O)N2c2nc(C)c(C)s2)cc1OCC. The zero-order valence-corrected chi connectivity index (χ0v) is 21.9. The molecule has 0 radical (unpaired) electrons. The maximum absolute atomic E-state index is 14.1.